The molecule has 166 valence electrons. The lowest BCUT2D eigenvalue weighted by Crippen LogP contribution is -2.36. The molecule has 2 aromatic heterocycles. The van der Waals surface area contributed by atoms with Crippen LogP contribution in [-0.4, -0.2) is 28.1 Å². The zero-order valence-electron chi connectivity index (χ0n) is 16.4. The molecule has 5 nitrogen and oxygen atoms in total. The van der Waals surface area contributed by atoms with Crippen LogP contribution in [0.4, 0.5) is 28.0 Å². The quantitative estimate of drug-likeness (QED) is 0.369. The minimum atomic E-state index is -4.48. The molecule has 32 heavy (non-hydrogen) atoms. The van der Waals surface area contributed by atoms with Crippen molar-refractivity contribution in [3.05, 3.63) is 78.9 Å². The van der Waals surface area contributed by atoms with Crippen molar-refractivity contribution in [1.29, 1.82) is 0 Å². The van der Waals surface area contributed by atoms with Crippen molar-refractivity contribution in [3.8, 4) is 22.4 Å². The number of rotatable bonds is 4. The Morgan fingerprint density at radius 1 is 0.969 bits per heavy atom. The Morgan fingerprint density at radius 3 is 2.44 bits per heavy atom. The first-order chi connectivity index (χ1) is 14.8. The van der Waals surface area contributed by atoms with Crippen molar-refractivity contribution in [1.82, 2.24) is 14.7 Å². The number of carbonyl (C=O) groups excluding carboxylic acids is 1. The van der Waals surface area contributed by atoms with Crippen LogP contribution in [0.5, 0.6) is 0 Å². The Kier molecular flexibility index (Phi) is 6.69. The maximum absolute atomic E-state index is 13.2. The summed E-state index contributed by atoms with van der Waals surface area (Å²) < 4.78 is 51.7. The number of urea groups is 1. The number of fused-ring (bicyclic) bond motifs is 1. The molecule has 2 N–H and O–H groups in total. The summed E-state index contributed by atoms with van der Waals surface area (Å²) in [4.78, 5) is 16.1. The van der Waals surface area contributed by atoms with Gasteiger partial charge in [-0.15, -0.1) is 12.4 Å². The van der Waals surface area contributed by atoms with Gasteiger partial charge in [-0.25, -0.2) is 14.2 Å². The van der Waals surface area contributed by atoms with Crippen molar-refractivity contribution in [2.24, 2.45) is 0 Å². The van der Waals surface area contributed by atoms with E-state index in [1.807, 2.05) is 22.7 Å². The standard InChI is InChI=1S/C22H16F4N4O.ClH/c23-17-6-4-14(5-7-17)15-8-9-30-19(12-27-20(30)11-15)16-2-1-3-18(10-16)29-21(31)28-13-22(24,25)26;/h1-12H,13H2,(H2,28,29,31);1H. The van der Waals surface area contributed by atoms with Crippen molar-refractivity contribution in [2.45, 2.75) is 6.18 Å². The molecule has 0 aliphatic heterocycles. The summed E-state index contributed by atoms with van der Waals surface area (Å²) in [5.74, 6) is -0.312. The van der Waals surface area contributed by atoms with Gasteiger partial charge in [0.1, 0.15) is 18.0 Å². The zero-order valence-corrected chi connectivity index (χ0v) is 17.2. The summed E-state index contributed by atoms with van der Waals surface area (Å²) in [6.45, 7) is -1.41. The lowest BCUT2D eigenvalue weighted by molar-refractivity contribution is -0.122. The number of imidazole rings is 1. The molecular formula is C22H17ClF4N4O. The number of pyridine rings is 1. The van der Waals surface area contributed by atoms with E-state index in [1.165, 1.54) is 12.1 Å². The summed E-state index contributed by atoms with van der Waals surface area (Å²) in [6, 6.07) is 15.6. The van der Waals surface area contributed by atoms with E-state index in [0.717, 1.165) is 22.4 Å². The third-order valence-electron chi connectivity index (χ3n) is 4.56. The van der Waals surface area contributed by atoms with E-state index in [4.69, 9.17) is 0 Å². The van der Waals surface area contributed by atoms with Gasteiger partial charge in [0.05, 0.1) is 11.9 Å². The summed E-state index contributed by atoms with van der Waals surface area (Å²) >= 11 is 0. The molecule has 0 aliphatic carbocycles. The smallest absolute Gasteiger partial charge is 0.329 e. The van der Waals surface area contributed by atoms with Crippen LogP contribution in [0.25, 0.3) is 28.0 Å². The van der Waals surface area contributed by atoms with Gasteiger partial charge in [0.2, 0.25) is 0 Å². The molecule has 0 saturated carbocycles. The number of hydrogen-bond donors (Lipinski definition) is 2. The molecule has 0 fully saturated rings. The largest absolute Gasteiger partial charge is 0.405 e. The Balaban J connectivity index is 0.00000289. The van der Waals surface area contributed by atoms with E-state index >= 15 is 0 Å². The monoisotopic (exact) mass is 464 g/mol. The number of anilines is 1. The molecule has 0 atom stereocenters. The molecule has 0 radical (unpaired) electrons. The van der Waals surface area contributed by atoms with Gasteiger partial charge in [-0.1, -0.05) is 24.3 Å². The highest BCUT2D eigenvalue weighted by atomic mass is 35.5. The first kappa shape index (κ1) is 23.1. The molecule has 10 heteroatoms. The minimum Gasteiger partial charge on any atom is -0.329 e. The number of carbonyl (C=O) groups is 1. The molecule has 4 aromatic rings. The molecule has 0 saturated heterocycles. The van der Waals surface area contributed by atoms with Crippen LogP contribution in [0, 0.1) is 5.82 Å². The molecule has 0 unspecified atom stereocenters. The number of hydrogen-bond acceptors (Lipinski definition) is 2. The molecule has 2 amide bonds. The zero-order chi connectivity index (χ0) is 22.0. The first-order valence-corrected chi connectivity index (χ1v) is 9.24. The van der Waals surface area contributed by atoms with Crippen molar-refractivity contribution < 1.29 is 22.4 Å². The van der Waals surface area contributed by atoms with E-state index < -0.39 is 18.8 Å². The molecule has 0 aliphatic rings. The third kappa shape index (κ3) is 5.36. The number of benzene rings is 2. The second kappa shape index (κ2) is 9.27. The Labute approximate surface area is 186 Å². The highest BCUT2D eigenvalue weighted by Gasteiger charge is 2.27. The van der Waals surface area contributed by atoms with Crippen LogP contribution in [0.15, 0.2) is 73.1 Å². The summed E-state index contributed by atoms with van der Waals surface area (Å²) in [5, 5.41) is 4.15. The van der Waals surface area contributed by atoms with Gasteiger partial charge in [0, 0.05) is 17.4 Å². The van der Waals surface area contributed by atoms with Crippen LogP contribution in [0.3, 0.4) is 0 Å². The van der Waals surface area contributed by atoms with Crippen LogP contribution in [0.1, 0.15) is 0 Å². The van der Waals surface area contributed by atoms with Crippen LogP contribution >= 0.6 is 12.4 Å². The van der Waals surface area contributed by atoms with Gasteiger partial charge in [-0.3, -0.25) is 4.40 Å². The minimum absolute atomic E-state index is 0. The SMILES string of the molecule is Cl.O=C(NCC(F)(F)F)Nc1cccc(-c2cnc3cc(-c4ccc(F)cc4)ccn23)c1. The molecular weight excluding hydrogens is 448 g/mol. The summed E-state index contributed by atoms with van der Waals surface area (Å²) in [6.07, 6.45) is -0.998. The predicted octanol–water partition coefficient (Wildman–Crippen LogP) is 5.91. The number of alkyl halides is 3. The highest BCUT2D eigenvalue weighted by Crippen LogP contribution is 2.27. The number of nitrogens with zero attached hydrogens (tertiary/aromatic N) is 2. The molecule has 2 heterocycles. The van der Waals surface area contributed by atoms with Gasteiger partial charge in [0.15, 0.2) is 0 Å². The Morgan fingerprint density at radius 2 is 1.72 bits per heavy atom. The predicted molar refractivity (Wildman–Crippen MR) is 116 cm³/mol. The van der Waals surface area contributed by atoms with E-state index in [9.17, 15) is 22.4 Å². The van der Waals surface area contributed by atoms with E-state index in [1.54, 1.807) is 47.9 Å². The second-order valence-corrected chi connectivity index (χ2v) is 6.80. The van der Waals surface area contributed by atoms with Gasteiger partial charge in [0.25, 0.3) is 0 Å². The van der Waals surface area contributed by atoms with Gasteiger partial charge in [-0.05, 0) is 47.5 Å². The number of aromatic nitrogens is 2. The average molecular weight is 465 g/mol. The Bertz CT molecular complexity index is 1240. The Hall–Kier alpha value is -3.59. The van der Waals surface area contributed by atoms with Gasteiger partial charge < -0.3 is 10.6 Å². The maximum Gasteiger partial charge on any atom is 0.405 e. The van der Waals surface area contributed by atoms with Crippen molar-refractivity contribution >= 4 is 29.8 Å². The summed E-state index contributed by atoms with van der Waals surface area (Å²) in [7, 11) is 0. The van der Waals surface area contributed by atoms with E-state index in [2.05, 4.69) is 10.3 Å². The first-order valence-electron chi connectivity index (χ1n) is 9.24. The van der Waals surface area contributed by atoms with Crippen molar-refractivity contribution in [3.63, 3.8) is 0 Å². The lowest BCUT2D eigenvalue weighted by Gasteiger charge is -2.11. The molecule has 4 rings (SSSR count). The van der Waals surface area contributed by atoms with Crippen molar-refractivity contribution in [2.75, 3.05) is 11.9 Å². The number of halogens is 5. The van der Waals surface area contributed by atoms with Crippen LogP contribution in [-0.2, 0) is 0 Å². The average Bonchev–Trinajstić information content (AvgIpc) is 3.16. The summed E-state index contributed by atoms with van der Waals surface area (Å²) in [5.41, 5.74) is 4.19. The fraction of sp³-hybridized carbons (Fsp3) is 0.0909. The molecule has 0 bridgehead atoms. The number of amides is 2. The van der Waals surface area contributed by atoms with Gasteiger partial charge >= 0.3 is 12.2 Å². The van der Waals surface area contributed by atoms with Gasteiger partial charge in [-0.2, -0.15) is 13.2 Å². The second-order valence-electron chi connectivity index (χ2n) is 6.80. The highest BCUT2D eigenvalue weighted by molar-refractivity contribution is 5.90. The topological polar surface area (TPSA) is 58.4 Å². The third-order valence-corrected chi connectivity index (χ3v) is 4.56. The molecule has 2 aromatic carbocycles. The van der Waals surface area contributed by atoms with E-state index in [0.29, 0.717) is 11.3 Å². The van der Waals surface area contributed by atoms with Crippen LogP contribution < -0.4 is 10.6 Å². The van der Waals surface area contributed by atoms with Crippen LogP contribution in [0.2, 0.25) is 0 Å². The number of nitrogens with one attached hydrogen (secondary N) is 2. The normalized spacial score (nSPS) is 11.1. The fourth-order valence-electron chi connectivity index (χ4n) is 3.13. The van der Waals surface area contributed by atoms with E-state index in [-0.39, 0.29) is 18.2 Å². The molecule has 0 spiro atoms. The lowest BCUT2D eigenvalue weighted by atomic mass is 10.1. The maximum atomic E-state index is 13.2. The fourth-order valence-corrected chi connectivity index (χ4v) is 3.13.